The van der Waals surface area contributed by atoms with E-state index in [0.29, 0.717) is 29.8 Å². The van der Waals surface area contributed by atoms with Crippen LogP contribution in [0.5, 0.6) is 0 Å². The van der Waals surface area contributed by atoms with Crippen LogP contribution in [0.15, 0.2) is 66.7 Å². The average Bonchev–Trinajstić information content (AvgIpc) is 2.83. The van der Waals surface area contributed by atoms with Gasteiger partial charge in [0.1, 0.15) is 11.6 Å². The maximum atomic E-state index is 13.8. The van der Waals surface area contributed by atoms with Crippen LogP contribution in [0.4, 0.5) is 14.5 Å². The Hall–Kier alpha value is -2.89. The van der Waals surface area contributed by atoms with Crippen molar-refractivity contribution in [3.63, 3.8) is 0 Å². The Kier molecular flexibility index (Phi) is 11.0. The predicted octanol–water partition coefficient (Wildman–Crippen LogP) is 4.80. The van der Waals surface area contributed by atoms with Crippen molar-refractivity contribution >= 4 is 40.1 Å². The van der Waals surface area contributed by atoms with Crippen LogP contribution in [-0.4, -0.2) is 35.6 Å². The minimum absolute atomic E-state index is 0.0255. The number of anilines is 1. The van der Waals surface area contributed by atoms with Gasteiger partial charge >= 0.3 is 0 Å². The lowest BCUT2D eigenvalue weighted by Crippen LogP contribution is -2.48. The van der Waals surface area contributed by atoms with Crippen molar-refractivity contribution in [1.29, 1.82) is 0 Å². The molecule has 0 unspecified atom stereocenters. The lowest BCUT2D eigenvalue weighted by Gasteiger charge is -2.25. The summed E-state index contributed by atoms with van der Waals surface area (Å²) in [7, 11) is 0. The van der Waals surface area contributed by atoms with Gasteiger partial charge in [0.15, 0.2) is 0 Å². The molecule has 0 bridgehead atoms. The maximum Gasteiger partial charge on any atom is 0.251 e. The highest BCUT2D eigenvalue weighted by Crippen LogP contribution is 2.15. The van der Waals surface area contributed by atoms with E-state index in [2.05, 4.69) is 38.5 Å². The summed E-state index contributed by atoms with van der Waals surface area (Å²) in [5, 5.41) is 19.6. The second-order valence-electron chi connectivity index (χ2n) is 8.77. The Balaban J connectivity index is 1.69. The van der Waals surface area contributed by atoms with E-state index in [0.717, 1.165) is 21.6 Å². The summed E-state index contributed by atoms with van der Waals surface area (Å²) in [6, 6.07) is 16.6. The van der Waals surface area contributed by atoms with Crippen molar-refractivity contribution < 1.29 is 23.5 Å². The number of carbonyl (C=O) groups excluding carboxylic acids is 2. The lowest BCUT2D eigenvalue weighted by atomic mass is 10.00. The van der Waals surface area contributed by atoms with Gasteiger partial charge in [-0.3, -0.25) is 9.59 Å². The molecule has 0 radical (unpaired) electrons. The molecule has 3 aromatic carbocycles. The van der Waals surface area contributed by atoms with Gasteiger partial charge in [-0.15, -0.1) is 0 Å². The summed E-state index contributed by atoms with van der Waals surface area (Å²) < 4.78 is 28.6. The maximum absolute atomic E-state index is 13.8. The minimum Gasteiger partial charge on any atom is -0.390 e. The SMILES string of the molecule is CCCC(=O)Nc1ccc(C(=O)N[C@@H](Cc2cc(F)cc(F)c2)[C@H](O)CNCc2cccc(I)c2)cc1. The van der Waals surface area contributed by atoms with Crippen LogP contribution in [0.3, 0.4) is 0 Å². The first-order chi connectivity index (χ1) is 17.7. The molecule has 0 saturated heterocycles. The first-order valence-corrected chi connectivity index (χ1v) is 13.1. The molecular formula is C28H30F2IN3O3. The monoisotopic (exact) mass is 621 g/mol. The summed E-state index contributed by atoms with van der Waals surface area (Å²) in [5.41, 5.74) is 2.25. The second kappa shape index (κ2) is 14.2. The molecule has 3 aromatic rings. The zero-order valence-corrected chi connectivity index (χ0v) is 22.6. The number of hydrogen-bond acceptors (Lipinski definition) is 4. The van der Waals surface area contributed by atoms with Crippen LogP contribution in [0.2, 0.25) is 0 Å². The van der Waals surface area contributed by atoms with Crippen molar-refractivity contribution in [2.45, 2.75) is 44.9 Å². The number of amides is 2. The molecule has 2 atom stereocenters. The fourth-order valence-corrected chi connectivity index (χ4v) is 4.43. The third-order valence-corrected chi connectivity index (χ3v) is 6.31. The Morgan fingerprint density at radius 3 is 2.32 bits per heavy atom. The third kappa shape index (κ3) is 9.49. The van der Waals surface area contributed by atoms with Crippen molar-refractivity contribution in [3.05, 3.63) is 98.6 Å². The normalized spacial score (nSPS) is 12.6. The second-order valence-corrected chi connectivity index (χ2v) is 10.0. The average molecular weight is 621 g/mol. The van der Waals surface area contributed by atoms with Gasteiger partial charge in [-0.1, -0.05) is 19.1 Å². The van der Waals surface area contributed by atoms with Gasteiger partial charge in [-0.25, -0.2) is 8.78 Å². The molecule has 37 heavy (non-hydrogen) atoms. The zero-order valence-electron chi connectivity index (χ0n) is 20.4. The van der Waals surface area contributed by atoms with Crippen molar-refractivity contribution in [2.75, 3.05) is 11.9 Å². The molecular weight excluding hydrogens is 591 g/mol. The van der Waals surface area contributed by atoms with Crippen LogP contribution in [0.25, 0.3) is 0 Å². The molecule has 0 saturated carbocycles. The number of halogens is 3. The largest absolute Gasteiger partial charge is 0.390 e. The van der Waals surface area contributed by atoms with Crippen LogP contribution >= 0.6 is 22.6 Å². The van der Waals surface area contributed by atoms with E-state index < -0.39 is 29.7 Å². The summed E-state index contributed by atoms with van der Waals surface area (Å²) in [6.07, 6.45) is 0.119. The topological polar surface area (TPSA) is 90.5 Å². The molecule has 2 amide bonds. The molecule has 0 aliphatic heterocycles. The molecule has 0 aliphatic rings. The Morgan fingerprint density at radius 1 is 0.973 bits per heavy atom. The van der Waals surface area contributed by atoms with Gasteiger partial charge in [-0.05, 0) is 95.1 Å². The molecule has 0 aliphatic carbocycles. The van der Waals surface area contributed by atoms with Crippen molar-refractivity contribution in [2.24, 2.45) is 0 Å². The molecule has 4 N–H and O–H groups in total. The van der Waals surface area contributed by atoms with E-state index in [-0.39, 0.29) is 18.9 Å². The summed E-state index contributed by atoms with van der Waals surface area (Å²) in [5.74, 6) is -2.02. The van der Waals surface area contributed by atoms with E-state index in [9.17, 15) is 23.5 Å². The number of benzene rings is 3. The first kappa shape index (κ1) is 28.7. The Bertz CT molecular complexity index is 1190. The molecule has 0 spiro atoms. The number of nitrogens with one attached hydrogen (secondary N) is 3. The van der Waals surface area contributed by atoms with E-state index in [1.165, 1.54) is 12.1 Å². The van der Waals surface area contributed by atoms with Gasteiger partial charge in [0.05, 0.1) is 12.1 Å². The highest BCUT2D eigenvalue weighted by Gasteiger charge is 2.23. The summed E-state index contributed by atoms with van der Waals surface area (Å²) in [4.78, 5) is 24.8. The van der Waals surface area contributed by atoms with Gasteiger partial charge in [0.2, 0.25) is 5.91 Å². The van der Waals surface area contributed by atoms with E-state index in [1.807, 2.05) is 31.2 Å². The predicted molar refractivity (Wildman–Crippen MR) is 148 cm³/mol. The number of aliphatic hydroxyl groups is 1. The molecule has 9 heteroatoms. The number of carbonyl (C=O) groups is 2. The van der Waals surface area contributed by atoms with Gasteiger partial charge in [0.25, 0.3) is 5.91 Å². The first-order valence-electron chi connectivity index (χ1n) is 12.0. The third-order valence-electron chi connectivity index (χ3n) is 5.64. The van der Waals surface area contributed by atoms with Gasteiger partial charge in [0, 0.05) is 40.4 Å². The van der Waals surface area contributed by atoms with Crippen LogP contribution in [0, 0.1) is 15.2 Å². The molecule has 0 fully saturated rings. The fourth-order valence-electron chi connectivity index (χ4n) is 3.83. The number of hydrogen-bond donors (Lipinski definition) is 4. The summed E-state index contributed by atoms with van der Waals surface area (Å²) >= 11 is 2.22. The zero-order chi connectivity index (χ0) is 26.8. The molecule has 0 aromatic heterocycles. The quantitative estimate of drug-likeness (QED) is 0.219. The van der Waals surface area contributed by atoms with E-state index in [4.69, 9.17) is 0 Å². The number of rotatable bonds is 12. The lowest BCUT2D eigenvalue weighted by molar-refractivity contribution is -0.116. The molecule has 6 nitrogen and oxygen atoms in total. The molecule has 3 rings (SSSR count). The minimum atomic E-state index is -1.04. The van der Waals surface area contributed by atoms with E-state index in [1.54, 1.807) is 24.3 Å². The van der Waals surface area contributed by atoms with Crippen LogP contribution in [-0.2, 0) is 17.8 Å². The highest BCUT2D eigenvalue weighted by molar-refractivity contribution is 14.1. The van der Waals surface area contributed by atoms with Crippen LogP contribution in [0.1, 0.15) is 41.3 Å². The highest BCUT2D eigenvalue weighted by atomic mass is 127. The number of aliphatic hydroxyl groups excluding tert-OH is 1. The summed E-state index contributed by atoms with van der Waals surface area (Å²) in [6.45, 7) is 2.57. The molecule has 196 valence electrons. The van der Waals surface area contributed by atoms with Crippen LogP contribution < -0.4 is 16.0 Å². The van der Waals surface area contributed by atoms with E-state index >= 15 is 0 Å². The van der Waals surface area contributed by atoms with Crippen molar-refractivity contribution in [3.8, 4) is 0 Å². The smallest absolute Gasteiger partial charge is 0.251 e. The standard InChI is InChI=1S/C28H30F2IN3O3/c1-2-4-27(36)33-24-9-7-20(8-10-24)28(37)34-25(14-19-11-21(29)15-22(30)12-19)26(35)17-32-16-18-5-3-6-23(31)13-18/h3,5-13,15,25-26,32,35H,2,4,14,16-17H2,1H3,(H,33,36)(H,34,37)/t25-,26+/m0/s1. The molecule has 0 heterocycles. The van der Waals surface area contributed by atoms with Crippen molar-refractivity contribution in [1.82, 2.24) is 10.6 Å². The Labute approximate surface area is 229 Å². The Morgan fingerprint density at radius 2 is 1.68 bits per heavy atom. The van der Waals surface area contributed by atoms with Gasteiger partial charge in [-0.2, -0.15) is 0 Å². The fraction of sp³-hybridized carbons (Fsp3) is 0.286. The van der Waals surface area contributed by atoms with Gasteiger partial charge < -0.3 is 21.1 Å².